The molecule has 0 atom stereocenters. The van der Waals surface area contributed by atoms with Gasteiger partial charge >= 0.3 is 17.7 Å². The van der Waals surface area contributed by atoms with E-state index in [2.05, 4.69) is 9.97 Å². The van der Waals surface area contributed by atoms with Crippen molar-refractivity contribution in [1.29, 1.82) is 0 Å². The van der Waals surface area contributed by atoms with Crippen molar-refractivity contribution in [2.75, 3.05) is 37.7 Å². The Bertz CT molecular complexity index is 866. The van der Waals surface area contributed by atoms with Crippen LogP contribution in [0.3, 0.4) is 0 Å². The summed E-state index contributed by atoms with van der Waals surface area (Å²) in [5.74, 6) is 0.521. The van der Waals surface area contributed by atoms with Crippen molar-refractivity contribution in [2.45, 2.75) is 20.3 Å². The molecule has 1 aromatic heterocycles. The Balaban J connectivity index is 1.80. The number of ether oxygens (including phenoxy) is 2. The number of aryl methyl sites for hydroxylation is 1. The van der Waals surface area contributed by atoms with Crippen molar-refractivity contribution >= 4 is 17.6 Å². The monoisotopic (exact) mass is 401 g/mol. The SMILES string of the molecule is CCOC(=O)N1CCN(c2ncnc(Oc3ccc(CC)cc3)c2[N+](=O)[O-])CC1. The van der Waals surface area contributed by atoms with Crippen LogP contribution in [0.15, 0.2) is 30.6 Å². The molecular weight excluding hydrogens is 378 g/mol. The number of carbonyl (C=O) groups is 1. The van der Waals surface area contributed by atoms with Crippen LogP contribution < -0.4 is 9.64 Å². The summed E-state index contributed by atoms with van der Waals surface area (Å²) in [5, 5.41) is 11.8. The minimum Gasteiger partial charge on any atom is -0.450 e. The number of hydrogen-bond donors (Lipinski definition) is 0. The van der Waals surface area contributed by atoms with Gasteiger partial charge in [-0.05, 0) is 31.0 Å². The van der Waals surface area contributed by atoms with Gasteiger partial charge < -0.3 is 19.3 Å². The van der Waals surface area contributed by atoms with Gasteiger partial charge in [0, 0.05) is 26.2 Å². The van der Waals surface area contributed by atoms with E-state index in [-0.39, 0.29) is 23.5 Å². The van der Waals surface area contributed by atoms with Gasteiger partial charge in [-0.3, -0.25) is 10.1 Å². The number of carbonyl (C=O) groups excluding carboxylic acids is 1. The second-order valence-electron chi connectivity index (χ2n) is 6.38. The van der Waals surface area contributed by atoms with Gasteiger partial charge in [0.15, 0.2) is 0 Å². The summed E-state index contributed by atoms with van der Waals surface area (Å²) in [7, 11) is 0. The summed E-state index contributed by atoms with van der Waals surface area (Å²) in [6.07, 6.45) is 1.75. The maximum atomic E-state index is 11.9. The Morgan fingerprint density at radius 3 is 2.41 bits per heavy atom. The summed E-state index contributed by atoms with van der Waals surface area (Å²) in [5.41, 5.74) is 0.839. The zero-order valence-electron chi connectivity index (χ0n) is 16.4. The van der Waals surface area contributed by atoms with E-state index in [4.69, 9.17) is 9.47 Å². The summed E-state index contributed by atoms with van der Waals surface area (Å²) in [6.45, 7) is 5.64. The van der Waals surface area contributed by atoms with Crippen molar-refractivity contribution in [3.8, 4) is 11.6 Å². The van der Waals surface area contributed by atoms with Crippen molar-refractivity contribution in [3.63, 3.8) is 0 Å². The van der Waals surface area contributed by atoms with Gasteiger partial charge in [0.1, 0.15) is 12.1 Å². The molecule has 2 heterocycles. The van der Waals surface area contributed by atoms with E-state index in [0.29, 0.717) is 38.5 Å². The minimum absolute atomic E-state index is 0.114. The molecule has 0 N–H and O–H groups in total. The van der Waals surface area contributed by atoms with E-state index in [1.807, 2.05) is 19.1 Å². The molecule has 1 amide bonds. The number of nitro groups is 1. The molecule has 1 aliphatic rings. The van der Waals surface area contributed by atoms with Gasteiger partial charge in [-0.1, -0.05) is 19.1 Å². The average Bonchev–Trinajstić information content (AvgIpc) is 2.74. The number of rotatable bonds is 6. The standard InChI is InChI=1S/C19H23N5O5/c1-3-14-5-7-15(8-6-14)29-18-16(24(26)27)17(20-13-21-18)22-9-11-23(12-10-22)19(25)28-4-2/h5-8,13H,3-4,9-12H2,1-2H3. The van der Waals surface area contributed by atoms with E-state index in [1.54, 1.807) is 28.9 Å². The zero-order valence-corrected chi connectivity index (χ0v) is 16.4. The molecule has 0 spiro atoms. The molecule has 2 aromatic rings. The molecule has 1 aromatic carbocycles. The Morgan fingerprint density at radius 2 is 1.83 bits per heavy atom. The quantitative estimate of drug-likeness (QED) is 0.536. The summed E-state index contributed by atoms with van der Waals surface area (Å²) in [4.78, 5) is 34.5. The predicted octanol–water partition coefficient (Wildman–Crippen LogP) is 3.02. The molecule has 1 saturated heterocycles. The lowest BCUT2D eigenvalue weighted by molar-refractivity contribution is -0.385. The van der Waals surface area contributed by atoms with Gasteiger partial charge in [0.2, 0.25) is 5.82 Å². The third-order valence-corrected chi connectivity index (χ3v) is 4.60. The van der Waals surface area contributed by atoms with E-state index in [1.165, 1.54) is 6.33 Å². The Morgan fingerprint density at radius 1 is 1.14 bits per heavy atom. The summed E-state index contributed by atoms with van der Waals surface area (Å²) in [6, 6.07) is 7.31. The first-order valence-corrected chi connectivity index (χ1v) is 9.46. The highest BCUT2D eigenvalue weighted by molar-refractivity contribution is 5.69. The van der Waals surface area contributed by atoms with Gasteiger partial charge in [-0.25, -0.2) is 9.78 Å². The van der Waals surface area contributed by atoms with Crippen LogP contribution in [-0.4, -0.2) is 58.7 Å². The average molecular weight is 401 g/mol. The topological polar surface area (TPSA) is 111 Å². The Labute approximate surface area is 168 Å². The largest absolute Gasteiger partial charge is 0.450 e. The Kier molecular flexibility index (Phi) is 6.43. The van der Waals surface area contributed by atoms with Crippen molar-refractivity contribution in [1.82, 2.24) is 14.9 Å². The third-order valence-electron chi connectivity index (χ3n) is 4.60. The van der Waals surface area contributed by atoms with E-state index >= 15 is 0 Å². The number of piperazine rings is 1. The lowest BCUT2D eigenvalue weighted by Crippen LogP contribution is -2.49. The number of nitrogens with zero attached hydrogens (tertiary/aromatic N) is 5. The van der Waals surface area contributed by atoms with Crippen molar-refractivity contribution in [2.24, 2.45) is 0 Å². The molecule has 1 fully saturated rings. The second kappa shape index (κ2) is 9.18. The second-order valence-corrected chi connectivity index (χ2v) is 6.38. The molecule has 0 radical (unpaired) electrons. The first kappa shape index (κ1) is 20.3. The molecular formula is C19H23N5O5. The fraction of sp³-hybridized carbons (Fsp3) is 0.421. The van der Waals surface area contributed by atoms with Crippen LogP contribution in [0.25, 0.3) is 0 Å². The molecule has 0 saturated carbocycles. The number of anilines is 1. The van der Waals surface area contributed by atoms with E-state index in [0.717, 1.165) is 12.0 Å². The first-order chi connectivity index (χ1) is 14.0. The lowest BCUT2D eigenvalue weighted by atomic mass is 10.2. The van der Waals surface area contributed by atoms with Crippen LogP contribution in [0.2, 0.25) is 0 Å². The fourth-order valence-electron chi connectivity index (χ4n) is 3.04. The van der Waals surface area contributed by atoms with Crippen LogP contribution in [0.5, 0.6) is 11.6 Å². The van der Waals surface area contributed by atoms with Crippen LogP contribution in [-0.2, 0) is 11.2 Å². The fourth-order valence-corrected chi connectivity index (χ4v) is 3.04. The molecule has 154 valence electrons. The van der Waals surface area contributed by atoms with Crippen LogP contribution >= 0.6 is 0 Å². The lowest BCUT2D eigenvalue weighted by Gasteiger charge is -2.34. The molecule has 10 heteroatoms. The van der Waals surface area contributed by atoms with Crippen molar-refractivity contribution in [3.05, 3.63) is 46.3 Å². The molecule has 29 heavy (non-hydrogen) atoms. The minimum atomic E-state index is -0.539. The van der Waals surface area contributed by atoms with Gasteiger partial charge in [-0.2, -0.15) is 4.98 Å². The molecule has 3 rings (SSSR count). The molecule has 0 bridgehead atoms. The number of aromatic nitrogens is 2. The molecule has 0 unspecified atom stereocenters. The van der Waals surface area contributed by atoms with Crippen LogP contribution in [0.4, 0.5) is 16.3 Å². The normalized spacial score (nSPS) is 13.9. The maximum Gasteiger partial charge on any atom is 0.409 e. The number of hydrogen-bond acceptors (Lipinski definition) is 8. The molecule has 10 nitrogen and oxygen atoms in total. The summed E-state index contributed by atoms with van der Waals surface area (Å²) < 4.78 is 10.7. The van der Waals surface area contributed by atoms with Gasteiger partial charge in [0.25, 0.3) is 0 Å². The van der Waals surface area contributed by atoms with E-state index in [9.17, 15) is 14.9 Å². The zero-order chi connectivity index (χ0) is 20.8. The molecule has 1 aliphatic heterocycles. The number of benzene rings is 1. The highest BCUT2D eigenvalue weighted by atomic mass is 16.6. The highest BCUT2D eigenvalue weighted by Crippen LogP contribution is 2.36. The maximum absolute atomic E-state index is 11.9. The smallest absolute Gasteiger partial charge is 0.409 e. The Hall–Kier alpha value is -3.43. The van der Waals surface area contributed by atoms with Crippen molar-refractivity contribution < 1.29 is 19.2 Å². The van der Waals surface area contributed by atoms with Crippen LogP contribution in [0, 0.1) is 10.1 Å². The number of amides is 1. The summed E-state index contributed by atoms with van der Waals surface area (Å²) >= 11 is 0. The highest BCUT2D eigenvalue weighted by Gasteiger charge is 2.31. The third kappa shape index (κ3) is 4.71. The predicted molar refractivity (Wildman–Crippen MR) is 105 cm³/mol. The van der Waals surface area contributed by atoms with Gasteiger partial charge in [0.05, 0.1) is 11.5 Å². The molecule has 0 aliphatic carbocycles. The van der Waals surface area contributed by atoms with Gasteiger partial charge in [-0.15, -0.1) is 0 Å². The van der Waals surface area contributed by atoms with Crippen LogP contribution in [0.1, 0.15) is 19.4 Å². The first-order valence-electron chi connectivity index (χ1n) is 9.46. The van der Waals surface area contributed by atoms with E-state index < -0.39 is 4.92 Å².